The van der Waals surface area contributed by atoms with Gasteiger partial charge in [-0.3, -0.25) is 9.62 Å². The van der Waals surface area contributed by atoms with Gasteiger partial charge in [0.25, 0.3) is 0 Å². The Morgan fingerprint density at radius 2 is 1.53 bits per heavy atom. The van der Waals surface area contributed by atoms with Gasteiger partial charge >= 0.3 is 10.2 Å². The van der Waals surface area contributed by atoms with Crippen LogP contribution >= 0.6 is 0 Å². The minimum absolute atomic E-state index is 0.0128. The van der Waals surface area contributed by atoms with Crippen molar-refractivity contribution in [2.24, 2.45) is 0 Å². The lowest BCUT2D eigenvalue weighted by Crippen LogP contribution is -2.46. The molecule has 2 aliphatic rings. The van der Waals surface area contributed by atoms with Crippen molar-refractivity contribution < 1.29 is 13.2 Å². The first-order valence-corrected chi connectivity index (χ1v) is 12.4. The monoisotopic (exact) mass is 449 g/mol. The van der Waals surface area contributed by atoms with Crippen LogP contribution in [-0.4, -0.2) is 32.4 Å². The number of rotatable bonds is 6. The summed E-state index contributed by atoms with van der Waals surface area (Å²) >= 11 is 0. The van der Waals surface area contributed by atoms with Crippen LogP contribution < -0.4 is 13.8 Å². The third kappa shape index (κ3) is 4.45. The number of hydrogen-bond acceptors (Lipinski definition) is 4. The van der Waals surface area contributed by atoms with E-state index in [1.165, 1.54) is 5.56 Å². The number of nitrogens with one attached hydrogen (secondary N) is 1. The average molecular weight is 450 g/mol. The summed E-state index contributed by atoms with van der Waals surface area (Å²) in [7, 11) is -3.50. The van der Waals surface area contributed by atoms with Gasteiger partial charge in [-0.15, -0.1) is 0 Å². The maximum absolute atomic E-state index is 12.7. The van der Waals surface area contributed by atoms with Crippen molar-refractivity contribution >= 4 is 21.6 Å². The van der Waals surface area contributed by atoms with Gasteiger partial charge in [0.1, 0.15) is 12.4 Å². The molecule has 7 heteroatoms. The third-order valence-corrected chi connectivity index (χ3v) is 7.60. The Morgan fingerprint density at radius 1 is 0.844 bits per heavy atom. The van der Waals surface area contributed by atoms with Gasteiger partial charge in [0.2, 0.25) is 0 Å². The molecule has 32 heavy (non-hydrogen) atoms. The van der Waals surface area contributed by atoms with E-state index in [0.29, 0.717) is 12.3 Å². The summed E-state index contributed by atoms with van der Waals surface area (Å²) in [6, 6.07) is 25.8. The standard InChI is InChI=1S/C25H27N3O3S/c29-32(30)26-24-8-4-5-9-25(24)28(32)22-14-16-27(17-15-22)18-20-10-12-23(13-11-20)31-19-21-6-2-1-3-7-21/h1-13,22,26H,14-19H2. The molecule has 0 aromatic heterocycles. The number of anilines is 2. The molecule has 0 aliphatic carbocycles. The lowest BCUT2D eigenvalue weighted by molar-refractivity contribution is 0.207. The second-order valence-electron chi connectivity index (χ2n) is 8.35. The third-order valence-electron chi connectivity index (χ3n) is 6.11. The highest BCUT2D eigenvalue weighted by atomic mass is 32.2. The van der Waals surface area contributed by atoms with Gasteiger partial charge in [-0.2, -0.15) is 8.42 Å². The molecule has 0 saturated carbocycles. The van der Waals surface area contributed by atoms with Crippen molar-refractivity contribution in [3.8, 4) is 5.75 Å². The van der Waals surface area contributed by atoms with Gasteiger partial charge < -0.3 is 4.74 Å². The van der Waals surface area contributed by atoms with Gasteiger partial charge in [0, 0.05) is 25.7 Å². The molecule has 1 fully saturated rings. The van der Waals surface area contributed by atoms with Gasteiger partial charge in [-0.05, 0) is 48.2 Å². The Kier molecular flexibility index (Phi) is 5.76. The van der Waals surface area contributed by atoms with Crippen molar-refractivity contribution in [1.29, 1.82) is 0 Å². The minimum atomic E-state index is -3.50. The van der Waals surface area contributed by atoms with Crippen LogP contribution in [0.3, 0.4) is 0 Å². The molecule has 1 saturated heterocycles. The topological polar surface area (TPSA) is 61.9 Å². The van der Waals surface area contributed by atoms with Crippen LogP contribution in [0.2, 0.25) is 0 Å². The maximum atomic E-state index is 12.7. The van der Waals surface area contributed by atoms with E-state index in [4.69, 9.17) is 4.74 Å². The lowest BCUT2D eigenvalue weighted by Gasteiger charge is -2.36. The molecule has 6 nitrogen and oxygen atoms in total. The van der Waals surface area contributed by atoms with Crippen LogP contribution in [0.25, 0.3) is 0 Å². The molecule has 5 rings (SSSR count). The first-order valence-electron chi connectivity index (χ1n) is 11.0. The number of nitrogens with zero attached hydrogens (tertiary/aromatic N) is 2. The molecule has 1 N–H and O–H groups in total. The van der Waals surface area contributed by atoms with Crippen molar-refractivity contribution in [1.82, 2.24) is 4.90 Å². The molecule has 166 valence electrons. The summed E-state index contributed by atoms with van der Waals surface area (Å²) in [6.45, 7) is 3.15. The summed E-state index contributed by atoms with van der Waals surface area (Å²) in [5.41, 5.74) is 3.81. The van der Waals surface area contributed by atoms with E-state index in [9.17, 15) is 8.42 Å². The Bertz CT molecular complexity index is 1160. The van der Waals surface area contributed by atoms with Crippen LogP contribution in [0.4, 0.5) is 11.4 Å². The highest BCUT2D eigenvalue weighted by molar-refractivity contribution is 7.94. The molecule has 2 heterocycles. The molecular weight excluding hydrogens is 422 g/mol. The zero-order chi connectivity index (χ0) is 22.0. The summed E-state index contributed by atoms with van der Waals surface area (Å²) in [4.78, 5) is 2.39. The molecule has 0 spiro atoms. The van der Waals surface area contributed by atoms with Crippen molar-refractivity contribution in [2.75, 3.05) is 22.1 Å². The first-order chi connectivity index (χ1) is 15.6. The second kappa shape index (κ2) is 8.84. The number of ether oxygens (including phenoxy) is 1. The molecular formula is C25H27N3O3S. The van der Waals surface area contributed by atoms with E-state index in [1.807, 2.05) is 54.6 Å². The number of benzene rings is 3. The molecule has 0 radical (unpaired) electrons. The summed E-state index contributed by atoms with van der Waals surface area (Å²) in [5, 5.41) is 0. The van der Waals surface area contributed by atoms with Crippen LogP contribution in [-0.2, 0) is 23.4 Å². The normalized spacial score (nSPS) is 18.2. The van der Waals surface area contributed by atoms with E-state index in [1.54, 1.807) is 4.31 Å². The molecule has 2 aliphatic heterocycles. The predicted octanol–water partition coefficient (Wildman–Crippen LogP) is 4.41. The molecule has 0 unspecified atom stereocenters. The van der Waals surface area contributed by atoms with E-state index in [2.05, 4.69) is 33.9 Å². The van der Waals surface area contributed by atoms with E-state index < -0.39 is 10.2 Å². The number of piperidine rings is 1. The molecule has 0 bridgehead atoms. The van der Waals surface area contributed by atoms with Gasteiger partial charge in [-0.1, -0.05) is 54.6 Å². The highest BCUT2D eigenvalue weighted by Gasteiger charge is 2.38. The molecule has 0 amide bonds. The van der Waals surface area contributed by atoms with Crippen LogP contribution in [0, 0.1) is 0 Å². The zero-order valence-corrected chi connectivity index (χ0v) is 18.7. The van der Waals surface area contributed by atoms with Gasteiger partial charge in [0.15, 0.2) is 0 Å². The fourth-order valence-corrected chi connectivity index (χ4v) is 6.04. The SMILES string of the molecule is O=S1(=O)Nc2ccccc2N1C1CCN(Cc2ccc(OCc3ccccc3)cc2)CC1. The van der Waals surface area contributed by atoms with Crippen LogP contribution in [0.1, 0.15) is 24.0 Å². The van der Waals surface area contributed by atoms with Crippen LogP contribution in [0.15, 0.2) is 78.9 Å². The summed E-state index contributed by atoms with van der Waals surface area (Å²) in [6.07, 6.45) is 1.63. The van der Waals surface area contributed by atoms with Crippen molar-refractivity contribution in [2.45, 2.75) is 32.0 Å². The smallest absolute Gasteiger partial charge is 0.324 e. The Hall–Kier alpha value is -3.03. The molecule has 3 aromatic carbocycles. The quantitative estimate of drug-likeness (QED) is 0.606. The lowest BCUT2D eigenvalue weighted by atomic mass is 10.0. The minimum Gasteiger partial charge on any atom is -0.489 e. The van der Waals surface area contributed by atoms with Crippen LogP contribution in [0.5, 0.6) is 5.75 Å². The Labute approximate surface area is 189 Å². The predicted molar refractivity (Wildman–Crippen MR) is 127 cm³/mol. The fourth-order valence-electron chi connectivity index (χ4n) is 4.46. The highest BCUT2D eigenvalue weighted by Crippen LogP contribution is 2.39. The summed E-state index contributed by atoms with van der Waals surface area (Å²) < 4.78 is 35.4. The maximum Gasteiger partial charge on any atom is 0.324 e. The second-order valence-corrected chi connectivity index (χ2v) is 9.89. The first kappa shape index (κ1) is 20.8. The van der Waals surface area contributed by atoms with E-state index >= 15 is 0 Å². The number of fused-ring (bicyclic) bond motifs is 1. The Balaban J connectivity index is 1.15. The Morgan fingerprint density at radius 3 is 2.28 bits per heavy atom. The average Bonchev–Trinajstić information content (AvgIpc) is 3.09. The zero-order valence-electron chi connectivity index (χ0n) is 17.9. The van der Waals surface area contributed by atoms with Gasteiger partial charge in [-0.25, -0.2) is 4.31 Å². The molecule has 3 aromatic rings. The van der Waals surface area contributed by atoms with Crippen molar-refractivity contribution in [3.05, 3.63) is 90.0 Å². The number of para-hydroxylation sites is 2. The largest absolute Gasteiger partial charge is 0.489 e. The summed E-state index contributed by atoms with van der Waals surface area (Å²) in [5.74, 6) is 0.863. The number of likely N-dealkylation sites (tertiary alicyclic amines) is 1. The van der Waals surface area contributed by atoms with E-state index in [0.717, 1.165) is 49.5 Å². The molecule has 0 atom stereocenters. The number of hydrogen-bond donors (Lipinski definition) is 1. The van der Waals surface area contributed by atoms with E-state index in [-0.39, 0.29) is 6.04 Å². The van der Waals surface area contributed by atoms with Crippen molar-refractivity contribution in [3.63, 3.8) is 0 Å². The van der Waals surface area contributed by atoms with Gasteiger partial charge in [0.05, 0.1) is 11.4 Å². The fraction of sp³-hybridized carbons (Fsp3) is 0.280.